The molecule has 156 valence electrons. The molecule has 5 atom stereocenters. The van der Waals surface area contributed by atoms with Gasteiger partial charge in [-0.3, -0.25) is 29.4 Å². The van der Waals surface area contributed by atoms with E-state index < -0.39 is 23.8 Å². The number of nitrogens with zero attached hydrogens (tertiary/aromatic N) is 2. The van der Waals surface area contributed by atoms with Crippen molar-refractivity contribution in [2.45, 2.75) is 62.7 Å². The number of piperidine rings is 2. The minimum atomic E-state index is -0.923. The molecule has 30 heavy (non-hydrogen) atoms. The molecule has 5 aliphatic heterocycles. The largest absolute Gasteiger partial charge is 0.367 e. The monoisotopic (exact) mass is 408 g/mol. The number of hydrogen-bond acceptors (Lipinski definition) is 6. The number of carbonyl (C=O) groups excluding carboxylic acids is 4. The summed E-state index contributed by atoms with van der Waals surface area (Å²) in [4.78, 5) is 53.2. The van der Waals surface area contributed by atoms with Gasteiger partial charge in [-0.05, 0) is 56.2 Å². The van der Waals surface area contributed by atoms with Crippen molar-refractivity contribution in [3.8, 4) is 0 Å². The van der Waals surface area contributed by atoms with Crippen molar-refractivity contribution in [2.75, 3.05) is 11.4 Å². The number of rotatable bonds is 2. The van der Waals surface area contributed by atoms with Gasteiger partial charge in [0.1, 0.15) is 6.04 Å². The lowest BCUT2D eigenvalue weighted by Crippen LogP contribution is -2.54. The highest BCUT2D eigenvalue weighted by molar-refractivity contribution is 6.23. The summed E-state index contributed by atoms with van der Waals surface area (Å²) < 4.78 is 0. The van der Waals surface area contributed by atoms with Gasteiger partial charge in [0.05, 0.1) is 11.1 Å². The third-order valence-electron chi connectivity index (χ3n) is 7.64. The lowest BCUT2D eigenvalue weighted by molar-refractivity contribution is -0.136. The Labute approximate surface area is 174 Å². The van der Waals surface area contributed by atoms with Crippen molar-refractivity contribution in [1.29, 1.82) is 0 Å². The van der Waals surface area contributed by atoms with Crippen LogP contribution in [0.15, 0.2) is 18.2 Å². The molecule has 4 amide bonds. The van der Waals surface area contributed by atoms with Crippen molar-refractivity contribution in [2.24, 2.45) is 5.92 Å². The number of carbonyl (C=O) groups is 4. The van der Waals surface area contributed by atoms with E-state index in [9.17, 15) is 19.2 Å². The number of benzene rings is 1. The lowest BCUT2D eigenvalue weighted by atomic mass is 9.78. The van der Waals surface area contributed by atoms with Gasteiger partial charge in [-0.1, -0.05) is 0 Å². The number of fused-ring (bicyclic) bond motifs is 6. The van der Waals surface area contributed by atoms with E-state index in [0.717, 1.165) is 23.6 Å². The van der Waals surface area contributed by atoms with Crippen LogP contribution >= 0.6 is 0 Å². The Balaban J connectivity index is 1.31. The molecule has 8 heteroatoms. The molecule has 0 aromatic heterocycles. The summed E-state index contributed by atoms with van der Waals surface area (Å²) in [5.41, 5.74) is 1.68. The summed E-state index contributed by atoms with van der Waals surface area (Å²) in [6, 6.07) is 6.10. The smallest absolute Gasteiger partial charge is 0.262 e. The van der Waals surface area contributed by atoms with Gasteiger partial charge in [0.25, 0.3) is 11.8 Å². The van der Waals surface area contributed by atoms with E-state index in [4.69, 9.17) is 0 Å². The van der Waals surface area contributed by atoms with Crippen LogP contribution in [0, 0.1) is 5.92 Å². The Morgan fingerprint density at radius 3 is 2.53 bits per heavy atom. The summed E-state index contributed by atoms with van der Waals surface area (Å²) in [5, 5.41) is 5.99. The molecular formula is C22H24N4O4. The fraction of sp³-hybridized carbons (Fsp3) is 0.545. The third-order valence-corrected chi connectivity index (χ3v) is 7.64. The standard InChI is InChI=1S/C22H24N4O4/c27-18-8-7-17(20(28)24-18)26-21(29)12-4-3-11(10-14(12)22(26)30)25-9-1-2-13-15-5-6-16(23-15)19(13)25/h3-4,10,13,15-17,19,23H,1-2,5-9H2,(H,24,27,28). The SMILES string of the molecule is O=C1CCC(N2C(=O)c3ccc(N4CCCC5C6CCC(N6)C54)cc3C2=O)C(=O)N1. The zero-order valence-electron chi connectivity index (χ0n) is 16.6. The van der Waals surface area contributed by atoms with Gasteiger partial charge < -0.3 is 10.2 Å². The molecule has 8 nitrogen and oxygen atoms in total. The summed E-state index contributed by atoms with van der Waals surface area (Å²) in [5.74, 6) is -1.19. The molecule has 1 aromatic carbocycles. The van der Waals surface area contributed by atoms with Gasteiger partial charge in [-0.15, -0.1) is 0 Å². The Bertz CT molecular complexity index is 991. The van der Waals surface area contributed by atoms with Crippen molar-refractivity contribution >= 4 is 29.3 Å². The van der Waals surface area contributed by atoms with Crippen LogP contribution < -0.4 is 15.5 Å². The Morgan fingerprint density at radius 1 is 0.900 bits per heavy atom. The average Bonchev–Trinajstić information content (AvgIpc) is 3.43. The summed E-state index contributed by atoms with van der Waals surface area (Å²) >= 11 is 0. The topological polar surface area (TPSA) is 98.8 Å². The van der Waals surface area contributed by atoms with Crippen LogP contribution in [-0.4, -0.2) is 59.2 Å². The van der Waals surface area contributed by atoms with Crippen LogP contribution in [0.1, 0.15) is 59.2 Å². The third kappa shape index (κ3) is 2.43. The fourth-order valence-electron chi connectivity index (χ4n) is 6.35. The van der Waals surface area contributed by atoms with Gasteiger partial charge >= 0.3 is 0 Å². The van der Waals surface area contributed by atoms with E-state index in [1.165, 1.54) is 19.3 Å². The number of amides is 4. The van der Waals surface area contributed by atoms with Crippen molar-refractivity contribution in [1.82, 2.24) is 15.5 Å². The Hall–Kier alpha value is -2.74. The number of anilines is 1. The zero-order chi connectivity index (χ0) is 20.6. The maximum Gasteiger partial charge on any atom is 0.262 e. The predicted molar refractivity (Wildman–Crippen MR) is 107 cm³/mol. The molecule has 1 aromatic rings. The minimum Gasteiger partial charge on any atom is -0.367 e. The molecule has 0 saturated carbocycles. The first-order valence-electron chi connectivity index (χ1n) is 10.9. The van der Waals surface area contributed by atoms with Gasteiger partial charge in [0.2, 0.25) is 11.8 Å². The highest BCUT2D eigenvalue weighted by atomic mass is 16.2. The average molecular weight is 408 g/mol. The first-order valence-corrected chi connectivity index (χ1v) is 10.9. The molecule has 0 spiro atoms. The van der Waals surface area contributed by atoms with Crippen LogP contribution in [0.4, 0.5) is 5.69 Å². The first-order chi connectivity index (χ1) is 14.5. The zero-order valence-corrected chi connectivity index (χ0v) is 16.6. The molecule has 0 radical (unpaired) electrons. The van der Waals surface area contributed by atoms with E-state index in [0.29, 0.717) is 35.2 Å². The van der Waals surface area contributed by atoms with Crippen LogP contribution in [0.3, 0.4) is 0 Å². The molecule has 2 bridgehead atoms. The highest BCUT2D eigenvalue weighted by Crippen LogP contribution is 2.44. The van der Waals surface area contributed by atoms with Crippen molar-refractivity contribution in [3.05, 3.63) is 29.3 Å². The van der Waals surface area contributed by atoms with Gasteiger partial charge in [-0.25, -0.2) is 0 Å². The van der Waals surface area contributed by atoms with Gasteiger partial charge in [0.15, 0.2) is 0 Å². The quantitative estimate of drug-likeness (QED) is 0.703. The van der Waals surface area contributed by atoms with Crippen molar-refractivity contribution < 1.29 is 19.2 Å². The van der Waals surface area contributed by atoms with E-state index in [1.54, 1.807) is 6.07 Å². The summed E-state index contributed by atoms with van der Waals surface area (Å²) in [7, 11) is 0. The van der Waals surface area contributed by atoms with Crippen LogP contribution in [0.5, 0.6) is 0 Å². The molecule has 0 aliphatic carbocycles. The molecule has 4 saturated heterocycles. The second-order valence-electron chi connectivity index (χ2n) is 9.12. The van der Waals surface area contributed by atoms with Crippen molar-refractivity contribution in [3.63, 3.8) is 0 Å². The Morgan fingerprint density at radius 2 is 1.70 bits per heavy atom. The highest BCUT2D eigenvalue weighted by Gasteiger charge is 2.51. The van der Waals surface area contributed by atoms with Crippen LogP contribution in [-0.2, 0) is 9.59 Å². The van der Waals surface area contributed by atoms with E-state index in [2.05, 4.69) is 15.5 Å². The molecule has 6 rings (SSSR count). The van der Waals surface area contributed by atoms with Gasteiger partial charge in [-0.2, -0.15) is 0 Å². The maximum absolute atomic E-state index is 13.1. The van der Waals surface area contributed by atoms with Gasteiger partial charge in [0, 0.05) is 36.8 Å². The second kappa shape index (κ2) is 6.38. The van der Waals surface area contributed by atoms with E-state index in [1.807, 2.05) is 12.1 Å². The lowest BCUT2D eigenvalue weighted by Gasteiger charge is -2.44. The fourth-order valence-corrected chi connectivity index (χ4v) is 6.35. The maximum atomic E-state index is 13.1. The number of nitrogens with one attached hydrogen (secondary N) is 2. The normalized spacial score (nSPS) is 35.0. The van der Waals surface area contributed by atoms with E-state index >= 15 is 0 Å². The number of imide groups is 2. The predicted octanol–water partition coefficient (Wildman–Crippen LogP) is 0.807. The molecule has 5 unspecified atom stereocenters. The summed E-state index contributed by atoms with van der Waals surface area (Å²) in [6.45, 7) is 0.948. The minimum absolute atomic E-state index is 0.126. The van der Waals surface area contributed by atoms with E-state index in [-0.39, 0.29) is 18.7 Å². The van der Waals surface area contributed by atoms with Crippen LogP contribution in [0.25, 0.3) is 0 Å². The first kappa shape index (κ1) is 18.1. The molecule has 5 heterocycles. The second-order valence-corrected chi connectivity index (χ2v) is 9.12. The Kier molecular flexibility index (Phi) is 3.84. The summed E-state index contributed by atoms with van der Waals surface area (Å²) in [6.07, 6.45) is 5.10. The number of hydrogen-bond donors (Lipinski definition) is 2. The molecule has 4 fully saturated rings. The van der Waals surface area contributed by atoms with Crippen LogP contribution in [0.2, 0.25) is 0 Å². The molecular weight excluding hydrogens is 384 g/mol. The molecule has 5 aliphatic rings. The molecule has 2 N–H and O–H groups in total.